The molecule has 1 aromatic carbocycles. The highest BCUT2D eigenvalue weighted by Crippen LogP contribution is 2.36. The molecule has 1 heteroatoms. The third-order valence-electron chi connectivity index (χ3n) is 3.96. The van der Waals surface area contributed by atoms with Gasteiger partial charge in [-0.25, -0.2) is 0 Å². The molecule has 0 bridgehead atoms. The summed E-state index contributed by atoms with van der Waals surface area (Å²) in [5.41, 5.74) is 6.21. The highest BCUT2D eigenvalue weighted by Gasteiger charge is 2.37. The van der Waals surface area contributed by atoms with Crippen LogP contribution in [0.2, 0.25) is 0 Å². The Hall–Kier alpha value is -0.820. The number of ether oxygens (including phenoxy) is 1. The molecule has 1 fully saturated rings. The van der Waals surface area contributed by atoms with Gasteiger partial charge in [-0.2, -0.15) is 0 Å². The number of aryl methyl sites for hydroxylation is 3. The molecule has 0 atom stereocenters. The first-order valence-electron chi connectivity index (χ1n) is 6.21. The third-order valence-corrected chi connectivity index (χ3v) is 3.96. The number of rotatable bonds is 3. The molecule has 0 N–H and O–H groups in total. The van der Waals surface area contributed by atoms with Crippen molar-refractivity contribution >= 4 is 0 Å². The smallest absolute Gasteiger partial charge is 0.0547 e. The van der Waals surface area contributed by atoms with Crippen LogP contribution in [-0.2, 0) is 11.2 Å². The van der Waals surface area contributed by atoms with E-state index in [0.29, 0.717) is 5.41 Å². The molecule has 1 saturated heterocycles. The van der Waals surface area contributed by atoms with Crippen LogP contribution in [0.3, 0.4) is 0 Å². The Morgan fingerprint density at radius 3 is 2.06 bits per heavy atom. The summed E-state index contributed by atoms with van der Waals surface area (Å²) in [5.74, 6) is 0. The average molecular weight is 218 g/mol. The van der Waals surface area contributed by atoms with Crippen LogP contribution >= 0.6 is 0 Å². The van der Waals surface area contributed by atoms with Crippen LogP contribution in [0.4, 0.5) is 0 Å². The Morgan fingerprint density at radius 2 is 1.69 bits per heavy atom. The predicted molar refractivity (Wildman–Crippen MR) is 67.9 cm³/mol. The van der Waals surface area contributed by atoms with E-state index in [4.69, 9.17) is 4.74 Å². The van der Waals surface area contributed by atoms with E-state index >= 15 is 0 Å². The molecule has 0 amide bonds. The van der Waals surface area contributed by atoms with E-state index in [-0.39, 0.29) is 0 Å². The zero-order valence-electron chi connectivity index (χ0n) is 10.9. The minimum absolute atomic E-state index is 0.421. The first kappa shape index (κ1) is 11.7. The molecule has 0 unspecified atom stereocenters. The molecular formula is C15H22O. The lowest BCUT2D eigenvalue weighted by Gasteiger charge is -2.41. The van der Waals surface area contributed by atoms with Crippen molar-refractivity contribution in [3.63, 3.8) is 0 Å². The summed E-state index contributed by atoms with van der Waals surface area (Å²) in [6.45, 7) is 10.8. The van der Waals surface area contributed by atoms with Gasteiger partial charge in [0.1, 0.15) is 0 Å². The Labute approximate surface area is 98.8 Å². The van der Waals surface area contributed by atoms with E-state index in [1.165, 1.54) is 35.1 Å². The fraction of sp³-hybridized carbons (Fsp3) is 0.600. The van der Waals surface area contributed by atoms with Gasteiger partial charge in [-0.3, -0.25) is 0 Å². The first-order chi connectivity index (χ1) is 7.56. The fourth-order valence-corrected chi connectivity index (χ4v) is 2.69. The average Bonchev–Trinajstić information content (AvgIpc) is 2.14. The molecule has 1 aliphatic heterocycles. The van der Waals surface area contributed by atoms with Gasteiger partial charge in [-0.15, -0.1) is 0 Å². The van der Waals surface area contributed by atoms with Crippen LogP contribution in [0.15, 0.2) is 12.1 Å². The van der Waals surface area contributed by atoms with Crippen LogP contribution in [-0.4, -0.2) is 13.2 Å². The summed E-state index contributed by atoms with van der Waals surface area (Å²) < 4.78 is 5.40. The molecule has 1 nitrogen and oxygen atoms in total. The van der Waals surface area contributed by atoms with Crippen LogP contribution in [0.25, 0.3) is 0 Å². The normalized spacial score (nSPS) is 18.2. The zero-order valence-corrected chi connectivity index (χ0v) is 10.9. The summed E-state index contributed by atoms with van der Waals surface area (Å²) in [5, 5.41) is 0. The van der Waals surface area contributed by atoms with Crippen molar-refractivity contribution < 1.29 is 4.74 Å². The lowest BCUT2D eigenvalue weighted by atomic mass is 9.75. The van der Waals surface area contributed by atoms with E-state index in [2.05, 4.69) is 39.8 Å². The lowest BCUT2D eigenvalue weighted by molar-refractivity contribution is -0.114. The number of benzene rings is 1. The largest absolute Gasteiger partial charge is 0.380 e. The zero-order chi connectivity index (χ0) is 11.8. The SMILES string of the molecule is CCC1(Cc2c(C)cc(C)cc2C)COC1. The van der Waals surface area contributed by atoms with Gasteiger partial charge in [0.15, 0.2) is 0 Å². The standard InChI is InChI=1S/C15H22O/c1-5-15(9-16-10-15)8-14-12(3)6-11(2)7-13(14)4/h6-7H,5,8-10H2,1-4H3. The maximum Gasteiger partial charge on any atom is 0.0547 e. The van der Waals surface area contributed by atoms with Gasteiger partial charge in [-0.05, 0) is 50.3 Å². The second kappa shape index (κ2) is 4.21. The number of hydrogen-bond donors (Lipinski definition) is 0. The third kappa shape index (κ3) is 2.01. The summed E-state index contributed by atoms with van der Waals surface area (Å²) in [6.07, 6.45) is 2.40. The van der Waals surface area contributed by atoms with Crippen molar-refractivity contribution in [2.45, 2.75) is 40.5 Å². The second-order valence-corrected chi connectivity index (χ2v) is 5.40. The predicted octanol–water partition coefficient (Wildman–Crippen LogP) is 3.58. The maximum absolute atomic E-state index is 5.40. The molecule has 2 rings (SSSR count). The van der Waals surface area contributed by atoms with Gasteiger partial charge < -0.3 is 4.74 Å². The van der Waals surface area contributed by atoms with Crippen LogP contribution in [0, 0.1) is 26.2 Å². The van der Waals surface area contributed by atoms with Crippen molar-refractivity contribution in [3.05, 3.63) is 34.4 Å². The van der Waals surface area contributed by atoms with Gasteiger partial charge in [0.2, 0.25) is 0 Å². The van der Waals surface area contributed by atoms with E-state index in [9.17, 15) is 0 Å². The summed E-state index contributed by atoms with van der Waals surface area (Å²) in [7, 11) is 0. The fourth-order valence-electron chi connectivity index (χ4n) is 2.69. The lowest BCUT2D eigenvalue weighted by Crippen LogP contribution is -2.44. The van der Waals surface area contributed by atoms with Crippen molar-refractivity contribution in [3.8, 4) is 0 Å². The first-order valence-corrected chi connectivity index (χ1v) is 6.21. The Kier molecular flexibility index (Phi) is 3.07. The number of hydrogen-bond acceptors (Lipinski definition) is 1. The van der Waals surface area contributed by atoms with Crippen molar-refractivity contribution in [1.29, 1.82) is 0 Å². The van der Waals surface area contributed by atoms with Gasteiger partial charge in [0, 0.05) is 5.41 Å². The quantitative estimate of drug-likeness (QED) is 0.753. The van der Waals surface area contributed by atoms with E-state index in [1.807, 2.05) is 0 Å². The molecule has 88 valence electrons. The molecule has 1 heterocycles. The molecular weight excluding hydrogens is 196 g/mol. The summed E-state index contributed by atoms with van der Waals surface area (Å²) >= 11 is 0. The molecule has 0 spiro atoms. The van der Waals surface area contributed by atoms with E-state index in [0.717, 1.165) is 13.2 Å². The second-order valence-electron chi connectivity index (χ2n) is 5.40. The van der Waals surface area contributed by atoms with Crippen molar-refractivity contribution in [2.24, 2.45) is 5.41 Å². The van der Waals surface area contributed by atoms with E-state index in [1.54, 1.807) is 0 Å². The monoisotopic (exact) mass is 218 g/mol. The topological polar surface area (TPSA) is 9.23 Å². The summed E-state index contributed by atoms with van der Waals surface area (Å²) in [6, 6.07) is 4.59. The van der Waals surface area contributed by atoms with Crippen molar-refractivity contribution in [1.82, 2.24) is 0 Å². The van der Waals surface area contributed by atoms with Crippen molar-refractivity contribution in [2.75, 3.05) is 13.2 Å². The Morgan fingerprint density at radius 1 is 1.12 bits per heavy atom. The Balaban J connectivity index is 2.27. The minimum atomic E-state index is 0.421. The molecule has 16 heavy (non-hydrogen) atoms. The molecule has 0 saturated carbocycles. The maximum atomic E-state index is 5.40. The highest BCUT2D eigenvalue weighted by molar-refractivity contribution is 5.38. The molecule has 0 aromatic heterocycles. The van der Waals surface area contributed by atoms with Gasteiger partial charge in [0.05, 0.1) is 13.2 Å². The Bertz CT molecular complexity index is 360. The molecule has 1 aliphatic rings. The van der Waals surface area contributed by atoms with Crippen LogP contribution < -0.4 is 0 Å². The van der Waals surface area contributed by atoms with Gasteiger partial charge in [0.25, 0.3) is 0 Å². The summed E-state index contributed by atoms with van der Waals surface area (Å²) in [4.78, 5) is 0. The highest BCUT2D eigenvalue weighted by atomic mass is 16.5. The minimum Gasteiger partial charge on any atom is -0.380 e. The molecule has 0 aliphatic carbocycles. The van der Waals surface area contributed by atoms with Gasteiger partial charge in [-0.1, -0.05) is 24.6 Å². The molecule has 1 aromatic rings. The van der Waals surface area contributed by atoms with E-state index < -0.39 is 0 Å². The van der Waals surface area contributed by atoms with Crippen LogP contribution in [0.1, 0.15) is 35.6 Å². The van der Waals surface area contributed by atoms with Crippen LogP contribution in [0.5, 0.6) is 0 Å². The molecule has 0 radical (unpaired) electrons. The van der Waals surface area contributed by atoms with Gasteiger partial charge >= 0.3 is 0 Å².